The first-order valence-electron chi connectivity index (χ1n) is 10.4. The molecule has 1 aromatic heterocycles. The average Bonchev–Trinajstić information content (AvgIpc) is 3.48. The Morgan fingerprint density at radius 2 is 2.03 bits per heavy atom. The fourth-order valence-corrected chi connectivity index (χ4v) is 4.07. The monoisotopic (exact) mass is 460 g/mol. The highest BCUT2D eigenvalue weighted by Crippen LogP contribution is 2.31. The number of benzene rings is 2. The van der Waals surface area contributed by atoms with Crippen LogP contribution in [0.3, 0.4) is 0 Å². The normalized spacial score (nSPS) is 18.9. The number of nitrogens with one attached hydrogen (secondary N) is 1. The van der Waals surface area contributed by atoms with Gasteiger partial charge >= 0.3 is 6.18 Å². The Bertz CT molecular complexity index is 1090. The SMILES string of the molecule is COc1ccccc1CN1C[C@H](n2cnnn2)C[C@H]1C(=O)NCc1cccc(C(F)(F)F)c1. The molecule has 0 bridgehead atoms. The largest absolute Gasteiger partial charge is 0.496 e. The van der Waals surface area contributed by atoms with Crippen LogP contribution < -0.4 is 10.1 Å². The second-order valence-electron chi connectivity index (χ2n) is 7.85. The van der Waals surface area contributed by atoms with Crippen molar-refractivity contribution in [3.05, 3.63) is 71.5 Å². The topological polar surface area (TPSA) is 85.2 Å². The van der Waals surface area contributed by atoms with E-state index in [1.165, 1.54) is 12.4 Å². The van der Waals surface area contributed by atoms with Crippen LogP contribution in [0.1, 0.15) is 29.2 Å². The summed E-state index contributed by atoms with van der Waals surface area (Å²) < 4.78 is 46.0. The molecule has 1 N–H and O–H groups in total. The molecular formula is C22H23F3N6O2. The predicted octanol–water partition coefficient (Wildman–Crippen LogP) is 2.83. The molecule has 174 valence electrons. The standard InChI is InChI=1S/C22H23F3N6O2/c1-33-20-8-3-2-6-16(20)12-30-13-18(31-14-27-28-29-31)10-19(30)21(32)26-11-15-5-4-7-17(9-15)22(23,24)25/h2-9,14,18-19H,10-13H2,1H3,(H,26,32)/t18-,19+/m1/s1. The van der Waals surface area contributed by atoms with Crippen LogP contribution in [0.2, 0.25) is 0 Å². The van der Waals surface area contributed by atoms with E-state index in [9.17, 15) is 18.0 Å². The zero-order valence-corrected chi connectivity index (χ0v) is 17.9. The van der Waals surface area contributed by atoms with E-state index in [2.05, 4.69) is 20.8 Å². The van der Waals surface area contributed by atoms with Crippen LogP contribution in [0.15, 0.2) is 54.9 Å². The first-order valence-corrected chi connectivity index (χ1v) is 10.4. The molecule has 0 saturated carbocycles. The Kier molecular flexibility index (Phi) is 6.59. The van der Waals surface area contributed by atoms with Gasteiger partial charge in [-0.05, 0) is 40.6 Å². The van der Waals surface area contributed by atoms with Crippen molar-refractivity contribution in [3.63, 3.8) is 0 Å². The van der Waals surface area contributed by atoms with Crippen molar-refractivity contribution in [2.45, 2.75) is 37.8 Å². The molecule has 0 unspecified atom stereocenters. The van der Waals surface area contributed by atoms with Crippen molar-refractivity contribution in [3.8, 4) is 5.75 Å². The molecule has 0 radical (unpaired) electrons. The summed E-state index contributed by atoms with van der Waals surface area (Å²) in [5.74, 6) is 0.449. The molecule has 1 amide bonds. The zero-order valence-electron chi connectivity index (χ0n) is 17.9. The molecule has 0 spiro atoms. The number of nitrogens with zero attached hydrogens (tertiary/aromatic N) is 5. The summed E-state index contributed by atoms with van der Waals surface area (Å²) in [5.41, 5.74) is 0.559. The van der Waals surface area contributed by atoms with E-state index in [0.29, 0.717) is 30.8 Å². The Morgan fingerprint density at radius 1 is 1.21 bits per heavy atom. The van der Waals surface area contributed by atoms with Gasteiger partial charge in [-0.25, -0.2) is 4.68 Å². The molecule has 2 aromatic carbocycles. The molecule has 8 nitrogen and oxygen atoms in total. The van der Waals surface area contributed by atoms with E-state index in [4.69, 9.17) is 4.74 Å². The van der Waals surface area contributed by atoms with Gasteiger partial charge < -0.3 is 10.1 Å². The van der Waals surface area contributed by atoms with Crippen LogP contribution in [-0.4, -0.2) is 50.7 Å². The van der Waals surface area contributed by atoms with Crippen LogP contribution in [0, 0.1) is 0 Å². The fraction of sp³-hybridized carbons (Fsp3) is 0.364. The first-order chi connectivity index (χ1) is 15.8. The molecule has 33 heavy (non-hydrogen) atoms. The van der Waals surface area contributed by atoms with Crippen LogP contribution >= 0.6 is 0 Å². The Labute approximate surface area is 188 Å². The van der Waals surface area contributed by atoms with Gasteiger partial charge in [0.15, 0.2) is 0 Å². The minimum Gasteiger partial charge on any atom is -0.496 e. The third kappa shape index (κ3) is 5.30. The van der Waals surface area contributed by atoms with Crippen molar-refractivity contribution in [1.82, 2.24) is 30.4 Å². The van der Waals surface area contributed by atoms with E-state index in [0.717, 1.165) is 17.7 Å². The van der Waals surface area contributed by atoms with E-state index in [1.807, 2.05) is 29.2 Å². The Balaban J connectivity index is 1.49. The number of carbonyl (C=O) groups excluding carboxylic acids is 1. The number of likely N-dealkylation sites (tertiary alicyclic amines) is 1. The minimum atomic E-state index is -4.43. The average molecular weight is 460 g/mol. The lowest BCUT2D eigenvalue weighted by atomic mass is 10.1. The molecule has 1 aliphatic rings. The summed E-state index contributed by atoms with van der Waals surface area (Å²) in [6.07, 6.45) is -2.46. The minimum absolute atomic E-state index is 0.00268. The highest BCUT2D eigenvalue weighted by atomic mass is 19.4. The molecule has 0 aliphatic carbocycles. The number of ether oxygens (including phenoxy) is 1. The van der Waals surface area contributed by atoms with Gasteiger partial charge in [0.25, 0.3) is 0 Å². The summed E-state index contributed by atoms with van der Waals surface area (Å²) >= 11 is 0. The molecule has 3 aromatic rings. The molecule has 11 heteroatoms. The number of tetrazole rings is 1. The van der Waals surface area contributed by atoms with E-state index >= 15 is 0 Å². The third-order valence-corrected chi connectivity index (χ3v) is 5.71. The number of alkyl halides is 3. The van der Waals surface area contributed by atoms with Gasteiger partial charge in [-0.15, -0.1) is 5.10 Å². The zero-order chi connectivity index (χ0) is 23.4. The van der Waals surface area contributed by atoms with Crippen LogP contribution in [0.4, 0.5) is 13.2 Å². The smallest absolute Gasteiger partial charge is 0.416 e. The third-order valence-electron chi connectivity index (χ3n) is 5.71. The maximum Gasteiger partial charge on any atom is 0.416 e. The van der Waals surface area contributed by atoms with Gasteiger partial charge in [0.05, 0.1) is 24.8 Å². The van der Waals surface area contributed by atoms with Crippen molar-refractivity contribution >= 4 is 5.91 Å². The van der Waals surface area contributed by atoms with Gasteiger partial charge in [-0.1, -0.05) is 30.3 Å². The van der Waals surface area contributed by atoms with Gasteiger partial charge in [0, 0.05) is 25.2 Å². The van der Waals surface area contributed by atoms with Crippen LogP contribution in [0.5, 0.6) is 5.75 Å². The fourth-order valence-electron chi connectivity index (χ4n) is 4.07. The number of hydrogen-bond acceptors (Lipinski definition) is 6. The van der Waals surface area contributed by atoms with Crippen molar-refractivity contribution in [1.29, 1.82) is 0 Å². The van der Waals surface area contributed by atoms with Crippen molar-refractivity contribution in [2.24, 2.45) is 0 Å². The van der Waals surface area contributed by atoms with Gasteiger partial charge in [-0.2, -0.15) is 13.2 Å². The van der Waals surface area contributed by atoms with Gasteiger partial charge in [0.1, 0.15) is 12.1 Å². The summed E-state index contributed by atoms with van der Waals surface area (Å²) in [4.78, 5) is 15.1. The molecule has 4 rings (SSSR count). The quantitative estimate of drug-likeness (QED) is 0.584. The number of amides is 1. The number of methoxy groups -OCH3 is 1. The highest BCUT2D eigenvalue weighted by molar-refractivity contribution is 5.82. The second-order valence-corrected chi connectivity index (χ2v) is 7.85. The van der Waals surface area contributed by atoms with Gasteiger partial charge in [-0.3, -0.25) is 9.69 Å². The van der Waals surface area contributed by atoms with Crippen LogP contribution in [-0.2, 0) is 24.1 Å². The predicted molar refractivity (Wildman–Crippen MR) is 112 cm³/mol. The molecule has 1 aliphatic heterocycles. The van der Waals surface area contributed by atoms with E-state index in [1.54, 1.807) is 17.9 Å². The number of hydrogen-bond donors (Lipinski definition) is 1. The Morgan fingerprint density at radius 3 is 2.76 bits per heavy atom. The van der Waals surface area contributed by atoms with Crippen molar-refractivity contribution < 1.29 is 22.7 Å². The number of carbonyl (C=O) groups is 1. The van der Waals surface area contributed by atoms with Gasteiger partial charge in [0.2, 0.25) is 5.91 Å². The number of aromatic nitrogens is 4. The molecule has 2 heterocycles. The lowest BCUT2D eigenvalue weighted by molar-refractivity contribution is -0.137. The van der Waals surface area contributed by atoms with Crippen LogP contribution in [0.25, 0.3) is 0 Å². The molecule has 2 atom stereocenters. The molecular weight excluding hydrogens is 437 g/mol. The second kappa shape index (κ2) is 9.57. The van der Waals surface area contributed by atoms with Crippen molar-refractivity contribution in [2.75, 3.05) is 13.7 Å². The lowest BCUT2D eigenvalue weighted by Crippen LogP contribution is -2.42. The summed E-state index contributed by atoms with van der Waals surface area (Å²) in [7, 11) is 1.59. The summed E-state index contributed by atoms with van der Waals surface area (Å²) in [5, 5.41) is 14.1. The number of rotatable bonds is 7. The number of para-hydroxylation sites is 1. The summed E-state index contributed by atoms with van der Waals surface area (Å²) in [6, 6.07) is 11.9. The number of halogens is 3. The first kappa shape index (κ1) is 22.7. The molecule has 1 saturated heterocycles. The maximum atomic E-state index is 13.1. The lowest BCUT2D eigenvalue weighted by Gasteiger charge is -2.24. The highest BCUT2D eigenvalue weighted by Gasteiger charge is 2.38. The van der Waals surface area contributed by atoms with E-state index < -0.39 is 17.8 Å². The summed E-state index contributed by atoms with van der Waals surface area (Å²) in [6.45, 7) is 0.992. The molecule has 1 fully saturated rings. The maximum absolute atomic E-state index is 13.1. The van der Waals surface area contributed by atoms with E-state index in [-0.39, 0.29) is 18.5 Å². The Hall–Kier alpha value is -3.47.